The van der Waals surface area contributed by atoms with Gasteiger partial charge in [-0.05, 0) is 37.6 Å². The molecule has 1 atom stereocenters. The molecule has 0 aliphatic carbocycles. The number of nitrogens with one attached hydrogen (secondary N) is 1. The molecule has 1 aliphatic rings. The zero-order valence-electron chi connectivity index (χ0n) is 17.8. The number of ether oxygens (including phenoxy) is 2. The molecule has 31 heavy (non-hydrogen) atoms. The van der Waals surface area contributed by atoms with Crippen LogP contribution in [-0.4, -0.2) is 65.5 Å². The highest BCUT2D eigenvalue weighted by molar-refractivity contribution is 7.91. The third-order valence-electron chi connectivity index (χ3n) is 5.39. The van der Waals surface area contributed by atoms with Crippen molar-refractivity contribution in [3.63, 3.8) is 0 Å². The molecule has 1 N–H and O–H groups in total. The van der Waals surface area contributed by atoms with Gasteiger partial charge in [0.15, 0.2) is 21.5 Å². The van der Waals surface area contributed by atoms with Gasteiger partial charge in [-0.3, -0.25) is 9.25 Å². The van der Waals surface area contributed by atoms with Crippen molar-refractivity contribution in [2.45, 2.75) is 23.8 Å². The smallest absolute Gasteiger partial charge is 0.189 e. The fraction of sp³-hybridized carbons (Fsp3) is 0.450. The lowest BCUT2D eigenvalue weighted by atomic mass is 10.2. The van der Waals surface area contributed by atoms with Crippen molar-refractivity contribution >= 4 is 9.84 Å². The summed E-state index contributed by atoms with van der Waals surface area (Å²) in [4.78, 5) is 0. The molecule has 3 aromatic rings. The van der Waals surface area contributed by atoms with E-state index in [-0.39, 0.29) is 11.6 Å². The van der Waals surface area contributed by atoms with E-state index in [1.807, 2.05) is 0 Å². The zero-order valence-corrected chi connectivity index (χ0v) is 18.6. The molecular weight excluding hydrogens is 420 g/mol. The Labute approximate surface area is 181 Å². The maximum atomic E-state index is 13.2. The Balaban J connectivity index is 1.87. The number of methoxy groups -OCH3 is 2. The third kappa shape index (κ3) is 4.15. The van der Waals surface area contributed by atoms with Crippen LogP contribution in [0.2, 0.25) is 0 Å². The number of benzene rings is 1. The van der Waals surface area contributed by atoms with E-state index in [1.54, 1.807) is 61.0 Å². The number of rotatable bonds is 7. The van der Waals surface area contributed by atoms with E-state index < -0.39 is 15.1 Å². The molecule has 0 bridgehead atoms. The lowest BCUT2D eigenvalue weighted by Crippen LogP contribution is -2.39. The van der Waals surface area contributed by atoms with Gasteiger partial charge in [0.1, 0.15) is 28.6 Å². The maximum absolute atomic E-state index is 13.2. The van der Waals surface area contributed by atoms with Crippen LogP contribution in [0.25, 0.3) is 17.2 Å². The number of piperidine rings is 1. The molecular formula is C20H26N6O4S. The van der Waals surface area contributed by atoms with Gasteiger partial charge in [0.2, 0.25) is 0 Å². The molecule has 166 valence electrons. The molecule has 10 nitrogen and oxygen atoms in total. The Bertz CT molecular complexity index is 1140. The maximum Gasteiger partial charge on any atom is 0.189 e. The molecule has 1 saturated heterocycles. The first-order valence-electron chi connectivity index (χ1n) is 10.0. The minimum absolute atomic E-state index is 0.250. The largest absolute Gasteiger partial charge is 0.494 e. The number of hydrogen-bond donors (Lipinski definition) is 1. The number of para-hydroxylation sites is 1. The highest BCUT2D eigenvalue weighted by atomic mass is 32.2. The second-order valence-corrected chi connectivity index (χ2v) is 9.72. The first kappa shape index (κ1) is 21.3. The topological polar surface area (TPSA) is 113 Å². The van der Waals surface area contributed by atoms with Crippen LogP contribution in [0, 0.1) is 0 Å². The van der Waals surface area contributed by atoms with Gasteiger partial charge < -0.3 is 14.8 Å². The molecule has 0 spiro atoms. The van der Waals surface area contributed by atoms with E-state index in [0.717, 1.165) is 13.0 Å². The van der Waals surface area contributed by atoms with Crippen LogP contribution in [0.4, 0.5) is 0 Å². The van der Waals surface area contributed by atoms with Gasteiger partial charge in [-0.2, -0.15) is 5.10 Å². The average Bonchev–Trinajstić information content (AvgIpc) is 3.39. The summed E-state index contributed by atoms with van der Waals surface area (Å²) in [6.07, 6.45) is 3.25. The highest BCUT2D eigenvalue weighted by Gasteiger charge is 2.31. The fourth-order valence-corrected chi connectivity index (χ4v) is 5.50. The predicted molar refractivity (Wildman–Crippen MR) is 115 cm³/mol. The van der Waals surface area contributed by atoms with E-state index in [1.165, 1.54) is 0 Å². The quantitative estimate of drug-likeness (QED) is 0.579. The van der Waals surface area contributed by atoms with Crippen molar-refractivity contribution in [1.82, 2.24) is 29.9 Å². The van der Waals surface area contributed by atoms with Gasteiger partial charge in [0, 0.05) is 19.8 Å². The molecule has 3 heterocycles. The lowest BCUT2D eigenvalue weighted by Gasteiger charge is -2.23. The molecule has 1 aliphatic heterocycles. The molecule has 4 rings (SSSR count). The fourth-order valence-electron chi connectivity index (χ4n) is 3.82. The van der Waals surface area contributed by atoms with Crippen molar-refractivity contribution in [1.29, 1.82) is 0 Å². The molecule has 11 heteroatoms. The van der Waals surface area contributed by atoms with E-state index in [4.69, 9.17) is 9.47 Å². The van der Waals surface area contributed by atoms with Crippen LogP contribution in [-0.2, 0) is 22.6 Å². The van der Waals surface area contributed by atoms with Crippen LogP contribution in [0.5, 0.6) is 11.5 Å². The minimum Gasteiger partial charge on any atom is -0.494 e. The van der Waals surface area contributed by atoms with Crippen LogP contribution < -0.4 is 14.8 Å². The number of sulfone groups is 1. The van der Waals surface area contributed by atoms with Crippen LogP contribution in [0.1, 0.15) is 18.7 Å². The first-order chi connectivity index (χ1) is 14.9. The van der Waals surface area contributed by atoms with E-state index in [0.29, 0.717) is 41.7 Å². The van der Waals surface area contributed by atoms with Crippen LogP contribution in [0.15, 0.2) is 30.5 Å². The average molecular weight is 447 g/mol. The monoisotopic (exact) mass is 446 g/mol. The number of aromatic nitrogens is 5. The molecule has 0 saturated carbocycles. The second-order valence-electron chi connectivity index (χ2n) is 7.44. The zero-order chi connectivity index (χ0) is 22.0. The Kier molecular flexibility index (Phi) is 5.96. The SMILES string of the molecule is COc1cccc(OC)c1-n1c(CS(=O)(=O)[C@@H]2CCCNC2)nnc1-c1ccn(C)n1. The molecule has 0 radical (unpaired) electrons. The van der Waals surface area contributed by atoms with Gasteiger partial charge in [-0.15, -0.1) is 10.2 Å². The number of aryl methyl sites for hydroxylation is 1. The summed E-state index contributed by atoms with van der Waals surface area (Å²) >= 11 is 0. The first-order valence-corrected chi connectivity index (χ1v) is 11.7. The molecule has 1 aromatic carbocycles. The third-order valence-corrected chi connectivity index (χ3v) is 7.47. The van der Waals surface area contributed by atoms with Crippen molar-refractivity contribution in [2.75, 3.05) is 27.3 Å². The van der Waals surface area contributed by atoms with Crippen molar-refractivity contribution in [3.05, 3.63) is 36.3 Å². The Morgan fingerprint density at radius 2 is 1.90 bits per heavy atom. The minimum atomic E-state index is -3.46. The van der Waals surface area contributed by atoms with Gasteiger partial charge in [0.05, 0.1) is 19.5 Å². The number of hydrogen-bond acceptors (Lipinski definition) is 8. The van der Waals surface area contributed by atoms with E-state index in [2.05, 4.69) is 20.6 Å². The van der Waals surface area contributed by atoms with Crippen LogP contribution >= 0.6 is 0 Å². The predicted octanol–water partition coefficient (Wildman–Crippen LogP) is 1.35. The van der Waals surface area contributed by atoms with Crippen molar-refractivity contribution in [3.8, 4) is 28.7 Å². The summed E-state index contributed by atoms with van der Waals surface area (Å²) < 4.78 is 40.8. The second kappa shape index (κ2) is 8.67. The molecule has 2 aromatic heterocycles. The summed E-state index contributed by atoms with van der Waals surface area (Å²) in [6, 6.07) is 7.16. The van der Waals surface area contributed by atoms with Gasteiger partial charge >= 0.3 is 0 Å². The normalized spacial score (nSPS) is 16.9. The summed E-state index contributed by atoms with van der Waals surface area (Å²) in [5.74, 6) is 1.47. The van der Waals surface area contributed by atoms with Gasteiger partial charge in [-0.25, -0.2) is 8.42 Å². The Morgan fingerprint density at radius 3 is 2.48 bits per heavy atom. The Morgan fingerprint density at radius 1 is 1.16 bits per heavy atom. The summed E-state index contributed by atoms with van der Waals surface area (Å²) in [5, 5.41) is 15.7. The number of nitrogens with zero attached hydrogens (tertiary/aromatic N) is 5. The van der Waals surface area contributed by atoms with Crippen molar-refractivity contribution in [2.24, 2.45) is 7.05 Å². The van der Waals surface area contributed by atoms with Crippen LogP contribution in [0.3, 0.4) is 0 Å². The van der Waals surface area contributed by atoms with E-state index >= 15 is 0 Å². The molecule has 0 unspecified atom stereocenters. The van der Waals surface area contributed by atoms with E-state index in [9.17, 15) is 8.42 Å². The highest BCUT2D eigenvalue weighted by Crippen LogP contribution is 2.36. The molecule has 0 amide bonds. The Hall–Kier alpha value is -2.92. The summed E-state index contributed by atoms with van der Waals surface area (Å²) in [6.45, 7) is 1.28. The van der Waals surface area contributed by atoms with Crippen molar-refractivity contribution < 1.29 is 17.9 Å². The summed E-state index contributed by atoms with van der Waals surface area (Å²) in [5.41, 5.74) is 1.09. The van der Waals surface area contributed by atoms with Gasteiger partial charge in [-0.1, -0.05) is 6.07 Å². The lowest BCUT2D eigenvalue weighted by molar-refractivity contribution is 0.390. The summed E-state index contributed by atoms with van der Waals surface area (Å²) in [7, 11) is 1.44. The molecule has 1 fully saturated rings. The standard InChI is InChI=1S/C20H26N6O4S/c1-25-11-9-15(24-25)20-23-22-18(13-31(27,28)14-6-5-10-21-12-14)26(20)19-16(29-2)7-4-8-17(19)30-3/h4,7-9,11,14,21H,5-6,10,12-13H2,1-3H3/t14-/m1/s1. The van der Waals surface area contributed by atoms with Gasteiger partial charge in [0.25, 0.3) is 0 Å².